The summed E-state index contributed by atoms with van der Waals surface area (Å²) < 4.78 is 10.5. The highest BCUT2D eigenvalue weighted by Gasteiger charge is 2.46. The molecule has 2 unspecified atom stereocenters. The fourth-order valence-corrected chi connectivity index (χ4v) is 4.76. The van der Waals surface area contributed by atoms with Crippen LogP contribution in [0.3, 0.4) is 0 Å². The zero-order valence-electron chi connectivity index (χ0n) is 18.9. The molecule has 1 N–H and O–H groups in total. The molecule has 0 saturated carbocycles. The van der Waals surface area contributed by atoms with Crippen LogP contribution in [-0.2, 0) is 30.3 Å². The van der Waals surface area contributed by atoms with Crippen LogP contribution in [0.25, 0.3) is 0 Å². The summed E-state index contributed by atoms with van der Waals surface area (Å²) in [5.41, 5.74) is 0.0932. The summed E-state index contributed by atoms with van der Waals surface area (Å²) in [4.78, 5) is 40.0. The summed E-state index contributed by atoms with van der Waals surface area (Å²) >= 11 is 1.63. The average molecular weight is 451 g/mol. The maximum absolute atomic E-state index is 13.3. The van der Waals surface area contributed by atoms with E-state index in [0.717, 1.165) is 11.3 Å². The number of carbonyl (C=O) groups is 3. The molecule has 172 valence electrons. The van der Waals surface area contributed by atoms with Crippen LogP contribution in [0.2, 0.25) is 0 Å². The number of nitrogens with zero attached hydrogens (tertiary/aromatic N) is 1. The first-order valence-electron chi connectivity index (χ1n) is 10.9. The minimum absolute atomic E-state index is 0.218. The molecule has 1 fully saturated rings. The van der Waals surface area contributed by atoms with E-state index in [1.807, 2.05) is 30.3 Å². The Bertz CT molecular complexity index is 745. The number of ether oxygens (including phenoxy) is 2. The Labute approximate surface area is 189 Å². The first kappa shape index (κ1) is 25.2. The summed E-state index contributed by atoms with van der Waals surface area (Å²) in [5.74, 6) is 0.251. The second-order valence-corrected chi connectivity index (χ2v) is 8.86. The first-order valence-corrected chi connectivity index (χ1v) is 12.0. The van der Waals surface area contributed by atoms with Gasteiger partial charge in [-0.3, -0.25) is 14.9 Å². The Hall–Kier alpha value is -2.06. The van der Waals surface area contributed by atoms with Gasteiger partial charge in [0, 0.05) is 18.1 Å². The maximum Gasteiger partial charge on any atom is 0.332 e. The van der Waals surface area contributed by atoms with Crippen molar-refractivity contribution in [1.82, 2.24) is 10.2 Å². The van der Waals surface area contributed by atoms with Crippen molar-refractivity contribution in [3.8, 4) is 0 Å². The van der Waals surface area contributed by atoms with Gasteiger partial charge in [0.2, 0.25) is 5.91 Å². The van der Waals surface area contributed by atoms with Gasteiger partial charge in [0.05, 0.1) is 19.3 Å². The molecule has 0 spiro atoms. The number of hydrogen-bond donors (Lipinski definition) is 1. The molecule has 7 nitrogen and oxygen atoms in total. The Kier molecular flexibility index (Phi) is 9.84. The van der Waals surface area contributed by atoms with Crippen molar-refractivity contribution in [2.45, 2.75) is 58.2 Å². The van der Waals surface area contributed by atoms with Crippen LogP contribution in [-0.4, -0.2) is 71.6 Å². The number of aryl methyl sites for hydroxylation is 1. The lowest BCUT2D eigenvalue weighted by Crippen LogP contribution is -2.64. The number of benzene rings is 1. The molecule has 1 heterocycles. The molecule has 31 heavy (non-hydrogen) atoms. The summed E-state index contributed by atoms with van der Waals surface area (Å²) in [6, 6.07) is 8.61. The van der Waals surface area contributed by atoms with Gasteiger partial charge in [-0.15, -0.1) is 0 Å². The van der Waals surface area contributed by atoms with Gasteiger partial charge in [0.15, 0.2) is 0 Å². The van der Waals surface area contributed by atoms with Crippen LogP contribution in [0.1, 0.15) is 39.7 Å². The van der Waals surface area contributed by atoms with E-state index in [-0.39, 0.29) is 25.1 Å². The van der Waals surface area contributed by atoms with Crippen molar-refractivity contribution >= 4 is 29.6 Å². The second kappa shape index (κ2) is 12.1. The van der Waals surface area contributed by atoms with E-state index in [1.54, 1.807) is 44.4 Å². The van der Waals surface area contributed by atoms with Gasteiger partial charge in [-0.25, -0.2) is 4.79 Å². The molecule has 0 aliphatic carbocycles. The van der Waals surface area contributed by atoms with Crippen molar-refractivity contribution < 1.29 is 23.9 Å². The molecular weight excluding hydrogens is 416 g/mol. The van der Waals surface area contributed by atoms with Crippen molar-refractivity contribution in [2.75, 3.05) is 31.3 Å². The average Bonchev–Trinajstić information content (AvgIpc) is 2.77. The molecule has 1 aromatic rings. The summed E-state index contributed by atoms with van der Waals surface area (Å²) in [6.45, 7) is 7.98. The highest BCUT2D eigenvalue weighted by atomic mass is 32.2. The van der Waals surface area contributed by atoms with Gasteiger partial charge in [0.25, 0.3) is 0 Å². The van der Waals surface area contributed by atoms with Crippen LogP contribution in [0.15, 0.2) is 30.3 Å². The predicted molar refractivity (Wildman–Crippen MR) is 122 cm³/mol. The molecule has 0 aromatic heterocycles. The summed E-state index contributed by atoms with van der Waals surface area (Å²) in [6.07, 6.45) is 1.19. The van der Waals surface area contributed by atoms with Gasteiger partial charge < -0.3 is 14.4 Å². The minimum atomic E-state index is -1.02. The van der Waals surface area contributed by atoms with Crippen molar-refractivity contribution in [3.63, 3.8) is 0 Å². The number of nitrogens with one attached hydrogen (secondary N) is 1. The zero-order valence-corrected chi connectivity index (χ0v) is 19.7. The lowest BCUT2D eigenvalue weighted by atomic mass is 10.00. The second-order valence-electron chi connectivity index (χ2n) is 7.75. The Morgan fingerprint density at radius 2 is 1.84 bits per heavy atom. The maximum atomic E-state index is 13.3. The smallest absolute Gasteiger partial charge is 0.332 e. The number of thioether (sulfide) groups is 1. The Morgan fingerprint density at radius 1 is 1.16 bits per heavy atom. The third-order valence-corrected chi connectivity index (χ3v) is 6.61. The van der Waals surface area contributed by atoms with Crippen LogP contribution < -0.4 is 5.32 Å². The fraction of sp³-hybridized carbons (Fsp3) is 0.609. The molecule has 1 aliphatic heterocycles. The number of amides is 1. The molecule has 1 aliphatic rings. The molecule has 8 heteroatoms. The standard InChI is InChI=1S/C23H34N2O5S/c1-5-29-21(27)19(13-12-18-10-8-7-9-11-18)24-17(3)20(26)25-14-15-31-16-23(25,4)22(28)30-6-2/h7-11,17,19,24H,5-6,12-16H2,1-4H3/t17-,19?,23?/m0/s1. The molecule has 1 aromatic carbocycles. The number of hydrogen-bond acceptors (Lipinski definition) is 7. The van der Waals surface area contributed by atoms with E-state index in [0.29, 0.717) is 25.1 Å². The van der Waals surface area contributed by atoms with E-state index >= 15 is 0 Å². The lowest BCUT2D eigenvalue weighted by molar-refractivity contribution is -0.162. The van der Waals surface area contributed by atoms with Crippen LogP contribution in [0.5, 0.6) is 0 Å². The summed E-state index contributed by atoms with van der Waals surface area (Å²) in [7, 11) is 0. The van der Waals surface area contributed by atoms with Gasteiger partial charge in [0.1, 0.15) is 11.6 Å². The van der Waals surface area contributed by atoms with E-state index in [4.69, 9.17) is 9.47 Å². The van der Waals surface area contributed by atoms with Crippen LogP contribution >= 0.6 is 11.8 Å². The predicted octanol–water partition coefficient (Wildman–Crippen LogP) is 2.43. The summed E-state index contributed by atoms with van der Waals surface area (Å²) in [5, 5.41) is 3.15. The van der Waals surface area contributed by atoms with E-state index in [2.05, 4.69) is 5.32 Å². The third-order valence-electron chi connectivity index (χ3n) is 5.38. The molecule has 0 radical (unpaired) electrons. The number of rotatable bonds is 10. The van der Waals surface area contributed by atoms with Gasteiger partial charge >= 0.3 is 11.9 Å². The molecule has 0 bridgehead atoms. The Morgan fingerprint density at radius 3 is 2.48 bits per heavy atom. The van der Waals surface area contributed by atoms with Crippen LogP contribution in [0, 0.1) is 0 Å². The van der Waals surface area contributed by atoms with E-state index in [9.17, 15) is 14.4 Å². The van der Waals surface area contributed by atoms with E-state index in [1.165, 1.54) is 0 Å². The normalized spacial score (nSPS) is 20.6. The monoisotopic (exact) mass is 450 g/mol. The van der Waals surface area contributed by atoms with Crippen molar-refractivity contribution in [1.29, 1.82) is 0 Å². The first-order chi connectivity index (χ1) is 14.8. The quantitative estimate of drug-likeness (QED) is 0.548. The van der Waals surface area contributed by atoms with Gasteiger partial charge in [-0.2, -0.15) is 11.8 Å². The van der Waals surface area contributed by atoms with Crippen LogP contribution in [0.4, 0.5) is 0 Å². The highest BCUT2D eigenvalue weighted by Crippen LogP contribution is 2.28. The third kappa shape index (κ3) is 6.71. The van der Waals surface area contributed by atoms with Gasteiger partial charge in [-0.05, 0) is 46.1 Å². The van der Waals surface area contributed by atoms with Gasteiger partial charge in [-0.1, -0.05) is 30.3 Å². The molecular formula is C23H34N2O5S. The number of carbonyl (C=O) groups excluding carboxylic acids is 3. The largest absolute Gasteiger partial charge is 0.465 e. The van der Waals surface area contributed by atoms with E-state index < -0.39 is 23.6 Å². The highest BCUT2D eigenvalue weighted by molar-refractivity contribution is 7.99. The topological polar surface area (TPSA) is 84.9 Å². The number of esters is 2. The fourth-order valence-electron chi connectivity index (χ4n) is 3.64. The molecule has 1 saturated heterocycles. The zero-order chi connectivity index (χ0) is 22.9. The molecule has 1 amide bonds. The lowest BCUT2D eigenvalue weighted by Gasteiger charge is -2.43. The van der Waals surface area contributed by atoms with Crippen molar-refractivity contribution in [2.24, 2.45) is 0 Å². The Balaban J connectivity index is 2.10. The minimum Gasteiger partial charge on any atom is -0.465 e. The molecule has 2 rings (SSSR count). The molecule has 3 atom stereocenters. The SMILES string of the molecule is CCOC(=O)C(CCc1ccccc1)N[C@@H](C)C(=O)N1CCSCC1(C)C(=O)OCC. The van der Waals surface area contributed by atoms with Crippen molar-refractivity contribution in [3.05, 3.63) is 35.9 Å².